The molecule has 3 nitrogen and oxygen atoms in total. The number of pyridine rings is 1. The van der Waals surface area contributed by atoms with Crippen LogP contribution in [0.4, 0.5) is 11.4 Å². The fourth-order valence-electron chi connectivity index (χ4n) is 2.63. The Morgan fingerprint density at radius 2 is 2.17 bits per heavy atom. The molecule has 1 fully saturated rings. The van der Waals surface area contributed by atoms with Crippen molar-refractivity contribution in [3.8, 4) is 0 Å². The van der Waals surface area contributed by atoms with Crippen LogP contribution in [0.25, 0.3) is 10.9 Å². The molecule has 1 atom stereocenters. The van der Waals surface area contributed by atoms with Crippen molar-refractivity contribution < 1.29 is 0 Å². The highest BCUT2D eigenvalue weighted by Crippen LogP contribution is 2.33. The van der Waals surface area contributed by atoms with E-state index in [0.717, 1.165) is 28.2 Å². The molecule has 3 N–H and O–H groups in total. The summed E-state index contributed by atoms with van der Waals surface area (Å²) in [6.45, 7) is 2.27. The molecule has 0 spiro atoms. The number of rotatable bonds is 3. The first kappa shape index (κ1) is 11.3. The SMILES string of the molecule is CC(Nc1ccnc2c(N)cccc12)C1CCC1. The van der Waals surface area contributed by atoms with Gasteiger partial charge in [-0.3, -0.25) is 4.98 Å². The van der Waals surface area contributed by atoms with Crippen LogP contribution in [-0.2, 0) is 0 Å². The molecular weight excluding hydrogens is 222 g/mol. The van der Waals surface area contributed by atoms with Gasteiger partial charge in [-0.05, 0) is 37.8 Å². The standard InChI is InChI=1S/C15H19N3/c1-10(11-4-2-5-11)18-14-8-9-17-15-12(14)6-3-7-13(15)16/h3,6-11H,2,4-5,16H2,1H3,(H,17,18). The fourth-order valence-corrected chi connectivity index (χ4v) is 2.63. The van der Waals surface area contributed by atoms with Gasteiger partial charge in [0.1, 0.15) is 0 Å². The Balaban J connectivity index is 1.93. The molecule has 1 aromatic carbocycles. The summed E-state index contributed by atoms with van der Waals surface area (Å²) in [5.41, 5.74) is 8.74. The van der Waals surface area contributed by atoms with Gasteiger partial charge >= 0.3 is 0 Å². The van der Waals surface area contributed by atoms with E-state index < -0.39 is 0 Å². The number of nitrogen functional groups attached to an aromatic ring is 1. The lowest BCUT2D eigenvalue weighted by Crippen LogP contribution is -2.30. The topological polar surface area (TPSA) is 50.9 Å². The minimum Gasteiger partial charge on any atom is -0.397 e. The average molecular weight is 241 g/mol. The number of hydrogen-bond donors (Lipinski definition) is 2. The van der Waals surface area contributed by atoms with Gasteiger partial charge in [-0.1, -0.05) is 18.6 Å². The second-order valence-electron chi connectivity index (χ2n) is 5.23. The first-order valence-corrected chi connectivity index (χ1v) is 6.65. The fraction of sp³-hybridized carbons (Fsp3) is 0.400. The lowest BCUT2D eigenvalue weighted by molar-refractivity contribution is 0.285. The van der Waals surface area contributed by atoms with Crippen molar-refractivity contribution >= 4 is 22.3 Å². The maximum Gasteiger partial charge on any atom is 0.0951 e. The molecule has 1 aromatic heterocycles. The Hall–Kier alpha value is -1.77. The molecule has 1 unspecified atom stereocenters. The van der Waals surface area contributed by atoms with Gasteiger partial charge in [-0.2, -0.15) is 0 Å². The van der Waals surface area contributed by atoms with E-state index in [0.29, 0.717) is 6.04 Å². The summed E-state index contributed by atoms with van der Waals surface area (Å²) in [6, 6.07) is 8.52. The molecule has 0 aliphatic heterocycles. The molecule has 2 aromatic rings. The summed E-state index contributed by atoms with van der Waals surface area (Å²) in [5, 5.41) is 4.73. The van der Waals surface area contributed by atoms with E-state index in [1.165, 1.54) is 19.3 Å². The lowest BCUT2D eigenvalue weighted by Gasteiger charge is -2.32. The number of benzene rings is 1. The summed E-state index contributed by atoms with van der Waals surface area (Å²) < 4.78 is 0. The van der Waals surface area contributed by atoms with Crippen LogP contribution < -0.4 is 11.1 Å². The molecule has 1 heterocycles. The van der Waals surface area contributed by atoms with Gasteiger partial charge in [0.05, 0.1) is 11.2 Å². The molecular formula is C15H19N3. The third-order valence-corrected chi connectivity index (χ3v) is 4.04. The van der Waals surface area contributed by atoms with E-state index in [1.807, 2.05) is 24.4 Å². The molecule has 0 amide bonds. The predicted molar refractivity (Wildman–Crippen MR) is 76.6 cm³/mol. The van der Waals surface area contributed by atoms with Crippen molar-refractivity contribution in [2.45, 2.75) is 32.2 Å². The average Bonchev–Trinajstić information content (AvgIpc) is 2.28. The number of anilines is 2. The number of aromatic nitrogens is 1. The zero-order valence-electron chi connectivity index (χ0n) is 10.7. The number of nitrogens with two attached hydrogens (primary N) is 1. The van der Waals surface area contributed by atoms with Gasteiger partial charge in [0.15, 0.2) is 0 Å². The van der Waals surface area contributed by atoms with Crippen molar-refractivity contribution in [3.05, 3.63) is 30.5 Å². The van der Waals surface area contributed by atoms with Gasteiger partial charge in [0, 0.05) is 23.3 Å². The molecule has 0 radical (unpaired) electrons. The first-order valence-electron chi connectivity index (χ1n) is 6.65. The van der Waals surface area contributed by atoms with E-state index in [2.05, 4.69) is 23.3 Å². The predicted octanol–water partition coefficient (Wildman–Crippen LogP) is 3.42. The van der Waals surface area contributed by atoms with Gasteiger partial charge < -0.3 is 11.1 Å². The summed E-state index contributed by atoms with van der Waals surface area (Å²) in [6.07, 6.45) is 5.90. The molecule has 94 valence electrons. The van der Waals surface area contributed by atoms with E-state index in [-0.39, 0.29) is 0 Å². The summed E-state index contributed by atoms with van der Waals surface area (Å²) in [5.74, 6) is 0.814. The van der Waals surface area contributed by atoms with Gasteiger partial charge in [-0.15, -0.1) is 0 Å². The Labute approximate surface area is 107 Å². The largest absolute Gasteiger partial charge is 0.397 e. The van der Waals surface area contributed by atoms with Crippen LogP contribution in [0.1, 0.15) is 26.2 Å². The van der Waals surface area contributed by atoms with Crippen molar-refractivity contribution in [1.82, 2.24) is 4.98 Å². The smallest absolute Gasteiger partial charge is 0.0951 e. The van der Waals surface area contributed by atoms with Gasteiger partial charge in [0.25, 0.3) is 0 Å². The molecule has 0 saturated heterocycles. The normalized spacial score (nSPS) is 17.4. The van der Waals surface area contributed by atoms with Crippen molar-refractivity contribution in [3.63, 3.8) is 0 Å². The summed E-state index contributed by atoms with van der Waals surface area (Å²) >= 11 is 0. The third kappa shape index (κ3) is 1.90. The molecule has 1 aliphatic rings. The van der Waals surface area contributed by atoms with Crippen LogP contribution in [0, 0.1) is 5.92 Å². The number of para-hydroxylation sites is 1. The monoisotopic (exact) mass is 241 g/mol. The van der Waals surface area contributed by atoms with Crippen LogP contribution in [0.15, 0.2) is 30.5 Å². The molecule has 3 rings (SSSR count). The highest BCUT2D eigenvalue weighted by atomic mass is 14.9. The Morgan fingerprint density at radius 3 is 2.89 bits per heavy atom. The van der Waals surface area contributed by atoms with Crippen LogP contribution in [0.5, 0.6) is 0 Å². The number of hydrogen-bond acceptors (Lipinski definition) is 3. The second-order valence-corrected chi connectivity index (χ2v) is 5.23. The molecule has 3 heteroatoms. The van der Waals surface area contributed by atoms with Gasteiger partial charge in [0.2, 0.25) is 0 Å². The van der Waals surface area contributed by atoms with Crippen LogP contribution >= 0.6 is 0 Å². The number of nitrogens with one attached hydrogen (secondary N) is 1. The molecule has 0 bridgehead atoms. The zero-order valence-corrected chi connectivity index (χ0v) is 10.7. The Kier molecular flexibility index (Phi) is 2.82. The van der Waals surface area contributed by atoms with Crippen LogP contribution in [-0.4, -0.2) is 11.0 Å². The summed E-state index contributed by atoms with van der Waals surface area (Å²) in [7, 11) is 0. The van der Waals surface area contributed by atoms with Crippen LogP contribution in [0.2, 0.25) is 0 Å². The lowest BCUT2D eigenvalue weighted by atomic mass is 9.80. The van der Waals surface area contributed by atoms with Crippen molar-refractivity contribution in [2.24, 2.45) is 5.92 Å². The van der Waals surface area contributed by atoms with E-state index in [9.17, 15) is 0 Å². The van der Waals surface area contributed by atoms with E-state index >= 15 is 0 Å². The maximum atomic E-state index is 5.96. The van der Waals surface area contributed by atoms with E-state index in [1.54, 1.807) is 0 Å². The second kappa shape index (κ2) is 4.48. The highest BCUT2D eigenvalue weighted by Gasteiger charge is 2.24. The van der Waals surface area contributed by atoms with Crippen molar-refractivity contribution in [1.29, 1.82) is 0 Å². The first-order chi connectivity index (χ1) is 8.75. The minimum absolute atomic E-state index is 0.519. The minimum atomic E-state index is 0.519. The number of fused-ring (bicyclic) bond motifs is 1. The molecule has 18 heavy (non-hydrogen) atoms. The Morgan fingerprint density at radius 1 is 1.33 bits per heavy atom. The zero-order chi connectivity index (χ0) is 12.5. The quantitative estimate of drug-likeness (QED) is 0.809. The van der Waals surface area contributed by atoms with Crippen molar-refractivity contribution in [2.75, 3.05) is 11.1 Å². The molecule has 1 saturated carbocycles. The van der Waals surface area contributed by atoms with E-state index in [4.69, 9.17) is 5.73 Å². The van der Waals surface area contributed by atoms with Gasteiger partial charge in [-0.25, -0.2) is 0 Å². The van der Waals surface area contributed by atoms with Crippen LogP contribution in [0.3, 0.4) is 0 Å². The third-order valence-electron chi connectivity index (χ3n) is 4.04. The summed E-state index contributed by atoms with van der Waals surface area (Å²) in [4.78, 5) is 4.36. The highest BCUT2D eigenvalue weighted by molar-refractivity contribution is 5.97. The Bertz CT molecular complexity index is 561. The maximum absolute atomic E-state index is 5.96. The number of nitrogens with zero attached hydrogens (tertiary/aromatic N) is 1. The molecule has 1 aliphatic carbocycles.